The number of nitrogens with two attached hydrogens (primary N) is 1. The molecular formula is C12H14FNO2. The first-order chi connectivity index (χ1) is 7.57. The van der Waals surface area contributed by atoms with Crippen LogP contribution in [-0.2, 0) is 0 Å². The maximum absolute atomic E-state index is 13.6. The Morgan fingerprint density at radius 2 is 2.19 bits per heavy atom. The van der Waals surface area contributed by atoms with Crippen LogP contribution in [0.15, 0.2) is 18.2 Å². The number of carbonyl (C=O) groups is 1. The van der Waals surface area contributed by atoms with E-state index in [1.807, 2.05) is 0 Å². The van der Waals surface area contributed by atoms with Crippen molar-refractivity contribution in [2.45, 2.75) is 24.8 Å². The van der Waals surface area contributed by atoms with Crippen molar-refractivity contribution in [2.24, 2.45) is 5.73 Å². The van der Waals surface area contributed by atoms with Gasteiger partial charge in [-0.05, 0) is 31.4 Å². The molecule has 1 aliphatic rings. The average molecular weight is 223 g/mol. The first-order valence-corrected chi connectivity index (χ1v) is 5.24. The predicted octanol–water partition coefficient (Wildman–Crippen LogP) is 1.90. The molecule has 16 heavy (non-hydrogen) atoms. The highest BCUT2D eigenvalue weighted by Gasteiger charge is 2.41. The number of benzene rings is 1. The standard InChI is InChI=1S/C12H14FNO2/c1-16-8-3-4-9(10(13)7-8)11(15)12(14)5-2-6-12/h3-4,7H,2,5-6,14H2,1H3. The average Bonchev–Trinajstić information content (AvgIpc) is 2.24. The van der Waals surface area contributed by atoms with Gasteiger partial charge in [0.2, 0.25) is 0 Å². The summed E-state index contributed by atoms with van der Waals surface area (Å²) in [7, 11) is 1.45. The molecule has 0 atom stereocenters. The van der Waals surface area contributed by atoms with Crippen LogP contribution in [0.2, 0.25) is 0 Å². The molecule has 0 amide bonds. The summed E-state index contributed by atoms with van der Waals surface area (Å²) >= 11 is 0. The molecule has 2 N–H and O–H groups in total. The highest BCUT2D eigenvalue weighted by molar-refractivity contribution is 6.04. The molecule has 3 nitrogen and oxygen atoms in total. The number of rotatable bonds is 3. The molecule has 0 aliphatic heterocycles. The number of carbonyl (C=O) groups excluding carboxylic acids is 1. The van der Waals surface area contributed by atoms with Crippen LogP contribution in [0.3, 0.4) is 0 Å². The van der Waals surface area contributed by atoms with E-state index in [1.165, 1.54) is 19.2 Å². The zero-order valence-electron chi connectivity index (χ0n) is 9.13. The molecule has 1 aliphatic carbocycles. The Morgan fingerprint density at radius 1 is 1.50 bits per heavy atom. The van der Waals surface area contributed by atoms with Crippen molar-refractivity contribution >= 4 is 5.78 Å². The number of ether oxygens (including phenoxy) is 1. The van der Waals surface area contributed by atoms with Gasteiger partial charge in [-0.3, -0.25) is 4.79 Å². The summed E-state index contributed by atoms with van der Waals surface area (Å²) in [5.41, 5.74) is 5.08. The minimum atomic E-state index is -0.852. The predicted molar refractivity (Wildman–Crippen MR) is 58.1 cm³/mol. The fraction of sp³-hybridized carbons (Fsp3) is 0.417. The molecule has 0 saturated heterocycles. The van der Waals surface area contributed by atoms with Crippen molar-refractivity contribution in [1.82, 2.24) is 0 Å². The van der Waals surface area contributed by atoms with E-state index in [0.29, 0.717) is 18.6 Å². The minimum Gasteiger partial charge on any atom is -0.497 e. The Morgan fingerprint density at radius 3 is 2.62 bits per heavy atom. The number of methoxy groups -OCH3 is 1. The zero-order chi connectivity index (χ0) is 11.8. The van der Waals surface area contributed by atoms with Gasteiger partial charge in [-0.2, -0.15) is 0 Å². The molecule has 0 radical (unpaired) electrons. The number of Topliss-reactive ketones (excluding diaryl/α,β-unsaturated/α-hetero) is 1. The van der Waals surface area contributed by atoms with Gasteiger partial charge in [0.05, 0.1) is 18.2 Å². The van der Waals surface area contributed by atoms with Crippen LogP contribution >= 0.6 is 0 Å². The first kappa shape index (κ1) is 11.1. The van der Waals surface area contributed by atoms with Crippen LogP contribution in [0.1, 0.15) is 29.6 Å². The van der Waals surface area contributed by atoms with Crippen LogP contribution in [0.4, 0.5) is 4.39 Å². The summed E-state index contributed by atoms with van der Waals surface area (Å²) in [6.45, 7) is 0. The molecule has 1 aromatic carbocycles. The van der Waals surface area contributed by atoms with Gasteiger partial charge in [0, 0.05) is 6.07 Å². The van der Waals surface area contributed by atoms with E-state index in [4.69, 9.17) is 10.5 Å². The molecular weight excluding hydrogens is 209 g/mol. The molecule has 2 rings (SSSR count). The third kappa shape index (κ3) is 1.69. The van der Waals surface area contributed by atoms with Gasteiger partial charge in [-0.15, -0.1) is 0 Å². The Kier molecular flexibility index (Phi) is 2.68. The second kappa shape index (κ2) is 3.87. The van der Waals surface area contributed by atoms with E-state index < -0.39 is 11.4 Å². The number of halogens is 1. The first-order valence-electron chi connectivity index (χ1n) is 5.24. The summed E-state index contributed by atoms with van der Waals surface area (Å²) in [4.78, 5) is 12.0. The molecule has 1 aromatic rings. The topological polar surface area (TPSA) is 52.3 Å². The summed E-state index contributed by atoms with van der Waals surface area (Å²) < 4.78 is 18.5. The second-order valence-electron chi connectivity index (χ2n) is 4.18. The smallest absolute Gasteiger partial charge is 0.185 e. The van der Waals surface area contributed by atoms with E-state index in [2.05, 4.69) is 0 Å². The van der Waals surface area contributed by atoms with Crippen molar-refractivity contribution in [3.05, 3.63) is 29.6 Å². The van der Waals surface area contributed by atoms with E-state index in [-0.39, 0.29) is 11.3 Å². The van der Waals surface area contributed by atoms with Crippen molar-refractivity contribution in [3.63, 3.8) is 0 Å². The van der Waals surface area contributed by atoms with Crippen LogP contribution in [0.25, 0.3) is 0 Å². The SMILES string of the molecule is COc1ccc(C(=O)C2(N)CCC2)c(F)c1. The maximum atomic E-state index is 13.6. The van der Waals surface area contributed by atoms with Crippen molar-refractivity contribution < 1.29 is 13.9 Å². The molecule has 0 aromatic heterocycles. The van der Waals surface area contributed by atoms with Crippen molar-refractivity contribution in [2.75, 3.05) is 7.11 Å². The quantitative estimate of drug-likeness (QED) is 0.796. The van der Waals surface area contributed by atoms with Crippen LogP contribution in [-0.4, -0.2) is 18.4 Å². The molecule has 1 saturated carbocycles. The van der Waals surface area contributed by atoms with Gasteiger partial charge < -0.3 is 10.5 Å². The fourth-order valence-electron chi connectivity index (χ4n) is 1.86. The summed E-state index contributed by atoms with van der Waals surface area (Å²) in [6.07, 6.45) is 2.20. The summed E-state index contributed by atoms with van der Waals surface area (Å²) in [6, 6.07) is 4.21. The molecule has 4 heteroatoms. The highest BCUT2D eigenvalue weighted by atomic mass is 19.1. The largest absolute Gasteiger partial charge is 0.497 e. The van der Waals surface area contributed by atoms with E-state index in [1.54, 1.807) is 6.07 Å². The third-order valence-corrected chi connectivity index (χ3v) is 3.12. The van der Waals surface area contributed by atoms with E-state index in [9.17, 15) is 9.18 Å². The lowest BCUT2D eigenvalue weighted by atomic mass is 9.73. The van der Waals surface area contributed by atoms with Gasteiger partial charge in [0.25, 0.3) is 0 Å². The van der Waals surface area contributed by atoms with Crippen LogP contribution in [0.5, 0.6) is 5.75 Å². The van der Waals surface area contributed by atoms with Crippen molar-refractivity contribution in [3.8, 4) is 5.75 Å². The van der Waals surface area contributed by atoms with E-state index in [0.717, 1.165) is 6.42 Å². The Labute approximate surface area is 93.4 Å². The number of ketones is 1. The van der Waals surface area contributed by atoms with Crippen molar-refractivity contribution in [1.29, 1.82) is 0 Å². The fourth-order valence-corrected chi connectivity index (χ4v) is 1.86. The molecule has 0 unspecified atom stereocenters. The number of hydrogen-bond acceptors (Lipinski definition) is 3. The molecule has 0 spiro atoms. The second-order valence-corrected chi connectivity index (χ2v) is 4.18. The van der Waals surface area contributed by atoms with Gasteiger partial charge >= 0.3 is 0 Å². The minimum absolute atomic E-state index is 0.0583. The maximum Gasteiger partial charge on any atom is 0.185 e. The Balaban J connectivity index is 2.30. The van der Waals surface area contributed by atoms with Gasteiger partial charge in [-0.25, -0.2) is 4.39 Å². The van der Waals surface area contributed by atoms with Gasteiger partial charge in [0.1, 0.15) is 11.6 Å². The molecule has 86 valence electrons. The summed E-state index contributed by atoms with van der Waals surface area (Å²) in [5, 5.41) is 0. The third-order valence-electron chi connectivity index (χ3n) is 3.12. The normalized spacial score (nSPS) is 17.7. The molecule has 0 heterocycles. The Hall–Kier alpha value is -1.42. The lowest BCUT2D eigenvalue weighted by Crippen LogP contribution is -2.53. The zero-order valence-corrected chi connectivity index (χ0v) is 9.13. The molecule has 0 bridgehead atoms. The van der Waals surface area contributed by atoms with E-state index >= 15 is 0 Å². The van der Waals surface area contributed by atoms with Gasteiger partial charge in [-0.1, -0.05) is 0 Å². The highest BCUT2D eigenvalue weighted by Crippen LogP contribution is 2.33. The lowest BCUT2D eigenvalue weighted by Gasteiger charge is -2.36. The molecule has 1 fully saturated rings. The monoisotopic (exact) mass is 223 g/mol. The Bertz CT molecular complexity index is 427. The summed E-state index contributed by atoms with van der Waals surface area (Å²) in [5.74, 6) is -0.478. The van der Waals surface area contributed by atoms with Gasteiger partial charge in [0.15, 0.2) is 5.78 Å². The van der Waals surface area contributed by atoms with Crippen LogP contribution < -0.4 is 10.5 Å². The number of hydrogen-bond donors (Lipinski definition) is 1. The lowest BCUT2D eigenvalue weighted by molar-refractivity contribution is 0.0796. The van der Waals surface area contributed by atoms with Crippen LogP contribution in [0, 0.1) is 5.82 Å².